The van der Waals surface area contributed by atoms with Crippen LogP contribution in [0.25, 0.3) is 5.57 Å². The molecular formula is C26H24N4O5. The Morgan fingerprint density at radius 3 is 2.51 bits per heavy atom. The molecule has 0 aromatic heterocycles. The molecule has 1 fully saturated rings. The first kappa shape index (κ1) is 22.5. The molecule has 1 aromatic carbocycles. The van der Waals surface area contributed by atoms with E-state index in [0.29, 0.717) is 37.4 Å². The van der Waals surface area contributed by atoms with Crippen molar-refractivity contribution in [3.8, 4) is 0 Å². The van der Waals surface area contributed by atoms with E-state index in [1.807, 2.05) is 29.2 Å². The second kappa shape index (κ2) is 8.83. The Labute approximate surface area is 201 Å². The van der Waals surface area contributed by atoms with Gasteiger partial charge in [0.2, 0.25) is 5.91 Å². The zero-order valence-corrected chi connectivity index (χ0v) is 19.0. The number of piperazine rings is 1. The Morgan fingerprint density at radius 1 is 1.09 bits per heavy atom. The van der Waals surface area contributed by atoms with Crippen molar-refractivity contribution in [1.29, 1.82) is 0 Å². The number of anilines is 1. The highest BCUT2D eigenvalue weighted by molar-refractivity contribution is 6.40. The van der Waals surface area contributed by atoms with Crippen LogP contribution in [0.15, 0.2) is 72.5 Å². The average Bonchev–Trinajstić information content (AvgIpc) is 3.42. The summed E-state index contributed by atoms with van der Waals surface area (Å²) in [5.74, 6) is -0.996. The molecule has 2 atom stereocenters. The molecule has 2 aliphatic carbocycles. The molecule has 1 aromatic rings. The van der Waals surface area contributed by atoms with E-state index in [2.05, 4.69) is 11.9 Å². The van der Waals surface area contributed by atoms with Gasteiger partial charge in [0.15, 0.2) is 11.6 Å². The molecule has 0 radical (unpaired) electrons. The van der Waals surface area contributed by atoms with Crippen molar-refractivity contribution in [2.75, 3.05) is 31.1 Å². The number of nitrogens with zero attached hydrogens (tertiary/aromatic N) is 3. The van der Waals surface area contributed by atoms with E-state index in [-0.39, 0.29) is 52.5 Å². The predicted octanol–water partition coefficient (Wildman–Crippen LogP) is 2.32. The van der Waals surface area contributed by atoms with Gasteiger partial charge in [-0.3, -0.25) is 24.5 Å². The Bertz CT molecular complexity index is 1280. The van der Waals surface area contributed by atoms with Gasteiger partial charge < -0.3 is 15.1 Å². The van der Waals surface area contributed by atoms with E-state index in [0.717, 1.165) is 0 Å². The number of carbonyl (C=O) groups excluding carboxylic acids is 3. The van der Waals surface area contributed by atoms with Crippen molar-refractivity contribution in [3.63, 3.8) is 0 Å². The molecule has 1 N–H and O–H groups in total. The number of nitro benzene ring substituents is 1. The van der Waals surface area contributed by atoms with Gasteiger partial charge in [-0.05, 0) is 23.8 Å². The molecule has 5 rings (SSSR count). The normalized spacial score (nSPS) is 23.4. The lowest BCUT2D eigenvalue weighted by Crippen LogP contribution is -2.48. The third-order valence-electron chi connectivity index (χ3n) is 6.92. The molecule has 9 heteroatoms. The first-order chi connectivity index (χ1) is 16.9. The van der Waals surface area contributed by atoms with E-state index in [1.54, 1.807) is 23.2 Å². The Balaban J connectivity index is 1.56. The molecule has 2 heterocycles. The molecule has 0 spiro atoms. The fourth-order valence-electron chi connectivity index (χ4n) is 5.17. The number of Topliss-reactive ketones (excluding diaryl/α,β-unsaturated/α-hetero) is 2. The molecule has 35 heavy (non-hydrogen) atoms. The first-order valence-electron chi connectivity index (χ1n) is 11.5. The third kappa shape index (κ3) is 3.88. The van der Waals surface area contributed by atoms with E-state index in [4.69, 9.17) is 0 Å². The standard InChI is InChI=1S/C26H24N4O5/c1-2-24(33)29-11-9-28(10-12-29)16-7-8-21(30(34)35)18(13-16)25-22(31)14-23(32)26(25)19-15-27-20-6-4-3-5-17(19)20/h2-8,13,15,17,20,27H,1,9-12,14H2. The van der Waals surface area contributed by atoms with Crippen LogP contribution in [0, 0.1) is 16.0 Å². The van der Waals surface area contributed by atoms with Crippen LogP contribution in [0.4, 0.5) is 11.4 Å². The quantitative estimate of drug-likeness (QED) is 0.303. The number of fused-ring (bicyclic) bond motifs is 1. The molecule has 1 saturated heterocycles. The predicted molar refractivity (Wildman–Crippen MR) is 130 cm³/mol. The largest absolute Gasteiger partial charge is 0.383 e. The van der Waals surface area contributed by atoms with Crippen LogP contribution in [0.1, 0.15) is 12.0 Å². The van der Waals surface area contributed by atoms with Gasteiger partial charge in [-0.2, -0.15) is 0 Å². The summed E-state index contributed by atoms with van der Waals surface area (Å²) >= 11 is 0. The van der Waals surface area contributed by atoms with Gasteiger partial charge >= 0.3 is 0 Å². The third-order valence-corrected chi connectivity index (χ3v) is 6.92. The molecule has 4 aliphatic rings. The fourth-order valence-corrected chi connectivity index (χ4v) is 5.17. The molecule has 0 bridgehead atoms. The second-order valence-electron chi connectivity index (χ2n) is 8.84. The number of rotatable bonds is 5. The van der Waals surface area contributed by atoms with Crippen molar-refractivity contribution in [2.45, 2.75) is 12.5 Å². The number of nitro groups is 1. The summed E-state index contributed by atoms with van der Waals surface area (Å²) in [4.78, 5) is 53.1. The molecule has 2 aliphatic heterocycles. The molecule has 9 nitrogen and oxygen atoms in total. The van der Waals surface area contributed by atoms with Crippen LogP contribution < -0.4 is 10.2 Å². The molecule has 0 saturated carbocycles. The summed E-state index contributed by atoms with van der Waals surface area (Å²) in [7, 11) is 0. The minimum Gasteiger partial charge on any atom is -0.383 e. The Kier molecular flexibility index (Phi) is 5.68. The number of ketones is 2. The first-order valence-corrected chi connectivity index (χ1v) is 11.5. The summed E-state index contributed by atoms with van der Waals surface area (Å²) in [6, 6.07) is 4.64. The number of amides is 1. The summed E-state index contributed by atoms with van der Waals surface area (Å²) in [6.45, 7) is 5.57. The fraction of sp³-hybridized carbons (Fsp3) is 0.269. The highest BCUT2D eigenvalue weighted by Crippen LogP contribution is 2.43. The lowest BCUT2D eigenvalue weighted by molar-refractivity contribution is -0.385. The lowest BCUT2D eigenvalue weighted by atomic mass is 9.84. The smallest absolute Gasteiger partial charge is 0.277 e. The minimum atomic E-state index is -0.520. The Morgan fingerprint density at radius 2 is 1.80 bits per heavy atom. The highest BCUT2D eigenvalue weighted by Gasteiger charge is 2.41. The van der Waals surface area contributed by atoms with Crippen molar-refractivity contribution in [3.05, 3.63) is 88.2 Å². The van der Waals surface area contributed by atoms with E-state index >= 15 is 0 Å². The average molecular weight is 473 g/mol. The van der Waals surface area contributed by atoms with Crippen LogP contribution in [0.5, 0.6) is 0 Å². The monoisotopic (exact) mass is 472 g/mol. The van der Waals surface area contributed by atoms with Gasteiger partial charge in [0.25, 0.3) is 5.69 Å². The number of allylic oxidation sites excluding steroid dienone is 4. The van der Waals surface area contributed by atoms with Gasteiger partial charge in [0, 0.05) is 61.2 Å². The van der Waals surface area contributed by atoms with Gasteiger partial charge in [-0.1, -0.05) is 30.9 Å². The van der Waals surface area contributed by atoms with Gasteiger partial charge in [0.1, 0.15) is 0 Å². The SMILES string of the molecule is C=CC(=O)N1CCN(c2ccc([N+](=O)[O-])c(C3=C(C4=CNC5C=CC=CC45)C(=O)CC3=O)c2)CC1. The molecule has 178 valence electrons. The van der Waals surface area contributed by atoms with E-state index in [1.165, 1.54) is 12.1 Å². The Hall–Kier alpha value is -4.27. The van der Waals surface area contributed by atoms with Crippen LogP contribution >= 0.6 is 0 Å². The number of carbonyl (C=O) groups is 3. The maximum atomic E-state index is 13.1. The number of hydrogen-bond acceptors (Lipinski definition) is 7. The maximum Gasteiger partial charge on any atom is 0.277 e. The van der Waals surface area contributed by atoms with E-state index in [9.17, 15) is 24.5 Å². The van der Waals surface area contributed by atoms with Crippen molar-refractivity contribution in [2.24, 2.45) is 5.92 Å². The topological polar surface area (TPSA) is 113 Å². The number of nitrogens with one attached hydrogen (secondary N) is 1. The van der Waals surface area contributed by atoms with Crippen molar-refractivity contribution >= 4 is 34.4 Å². The number of hydrogen-bond donors (Lipinski definition) is 1. The lowest BCUT2D eigenvalue weighted by Gasteiger charge is -2.35. The summed E-state index contributed by atoms with van der Waals surface area (Å²) in [5.41, 5.74) is 1.69. The zero-order chi connectivity index (χ0) is 24.7. The highest BCUT2D eigenvalue weighted by atomic mass is 16.6. The summed E-state index contributed by atoms with van der Waals surface area (Å²) < 4.78 is 0. The molecular weight excluding hydrogens is 448 g/mol. The van der Waals surface area contributed by atoms with Crippen molar-refractivity contribution < 1.29 is 19.3 Å². The van der Waals surface area contributed by atoms with Crippen LogP contribution in [0.3, 0.4) is 0 Å². The van der Waals surface area contributed by atoms with Gasteiger partial charge in [-0.15, -0.1) is 0 Å². The van der Waals surface area contributed by atoms with Gasteiger partial charge in [0.05, 0.1) is 22.9 Å². The van der Waals surface area contributed by atoms with Crippen molar-refractivity contribution in [1.82, 2.24) is 10.2 Å². The number of benzene rings is 1. The van der Waals surface area contributed by atoms with Crippen LogP contribution in [0.2, 0.25) is 0 Å². The molecule has 2 unspecified atom stereocenters. The summed E-state index contributed by atoms with van der Waals surface area (Å²) in [5, 5.41) is 15.2. The zero-order valence-electron chi connectivity index (χ0n) is 19.0. The molecule has 1 amide bonds. The van der Waals surface area contributed by atoms with Crippen LogP contribution in [-0.2, 0) is 14.4 Å². The summed E-state index contributed by atoms with van der Waals surface area (Å²) in [6.07, 6.45) is 10.5. The van der Waals surface area contributed by atoms with Gasteiger partial charge in [-0.25, -0.2) is 0 Å². The minimum absolute atomic E-state index is 0.0249. The van der Waals surface area contributed by atoms with Crippen LogP contribution in [-0.4, -0.2) is 59.5 Å². The van der Waals surface area contributed by atoms with E-state index < -0.39 is 10.7 Å². The second-order valence-corrected chi connectivity index (χ2v) is 8.84. The maximum absolute atomic E-state index is 13.1.